The molecule has 11 heavy (non-hydrogen) atoms. The smallest absolute Gasteiger partial charge is 0.298 e. The predicted octanol–water partition coefficient (Wildman–Crippen LogP) is 1.02. The average molecular weight is 151 g/mol. The van der Waals surface area contributed by atoms with E-state index >= 15 is 0 Å². The SMILES string of the molecule is CC#CC(=O)N1CCC1(C)C. The van der Waals surface area contributed by atoms with Gasteiger partial charge in [-0.2, -0.15) is 0 Å². The molecule has 0 aromatic rings. The monoisotopic (exact) mass is 151 g/mol. The first-order valence-corrected chi connectivity index (χ1v) is 3.82. The molecule has 0 saturated carbocycles. The highest BCUT2D eigenvalue weighted by Gasteiger charge is 2.38. The molecule has 0 aromatic carbocycles. The van der Waals surface area contributed by atoms with Crippen LogP contribution in [0, 0.1) is 11.8 Å². The van der Waals surface area contributed by atoms with Crippen molar-refractivity contribution in [2.24, 2.45) is 0 Å². The Morgan fingerprint density at radius 1 is 1.55 bits per heavy atom. The molecule has 0 spiro atoms. The van der Waals surface area contributed by atoms with Crippen molar-refractivity contribution in [3.05, 3.63) is 0 Å². The molecule has 1 rings (SSSR count). The molecule has 1 aliphatic rings. The molecule has 1 fully saturated rings. The number of amides is 1. The van der Waals surface area contributed by atoms with Crippen molar-refractivity contribution in [1.82, 2.24) is 4.90 Å². The molecule has 0 N–H and O–H groups in total. The lowest BCUT2D eigenvalue weighted by Crippen LogP contribution is -2.58. The molecule has 1 heterocycles. The van der Waals surface area contributed by atoms with E-state index in [0.717, 1.165) is 13.0 Å². The summed E-state index contributed by atoms with van der Waals surface area (Å²) in [6.07, 6.45) is 1.09. The lowest BCUT2D eigenvalue weighted by Gasteiger charge is -2.47. The molecule has 60 valence electrons. The molecule has 1 amide bonds. The Morgan fingerprint density at radius 2 is 2.18 bits per heavy atom. The largest absolute Gasteiger partial charge is 0.327 e. The van der Waals surface area contributed by atoms with Crippen molar-refractivity contribution in [2.75, 3.05) is 6.54 Å². The van der Waals surface area contributed by atoms with Crippen LogP contribution in [-0.4, -0.2) is 22.9 Å². The molecule has 0 aliphatic carbocycles. The molecule has 1 saturated heterocycles. The Morgan fingerprint density at radius 3 is 2.45 bits per heavy atom. The molecule has 0 atom stereocenters. The van der Waals surface area contributed by atoms with Gasteiger partial charge in [-0.3, -0.25) is 4.79 Å². The zero-order chi connectivity index (χ0) is 8.48. The first-order valence-electron chi connectivity index (χ1n) is 3.82. The minimum absolute atomic E-state index is 0.0382. The molecule has 2 heteroatoms. The fourth-order valence-electron chi connectivity index (χ4n) is 1.22. The summed E-state index contributed by atoms with van der Waals surface area (Å²) in [6, 6.07) is 0. The van der Waals surface area contributed by atoms with E-state index in [1.807, 2.05) is 4.90 Å². The Kier molecular flexibility index (Phi) is 1.90. The van der Waals surface area contributed by atoms with E-state index in [4.69, 9.17) is 0 Å². The van der Waals surface area contributed by atoms with Gasteiger partial charge in [0.25, 0.3) is 5.91 Å². The lowest BCUT2D eigenvalue weighted by molar-refractivity contribution is -0.137. The molecule has 1 aliphatic heterocycles. The maximum absolute atomic E-state index is 11.2. The van der Waals surface area contributed by atoms with Crippen LogP contribution < -0.4 is 0 Å². The van der Waals surface area contributed by atoms with Crippen LogP contribution >= 0.6 is 0 Å². The molecule has 0 bridgehead atoms. The number of carbonyl (C=O) groups is 1. The van der Waals surface area contributed by atoms with E-state index in [1.165, 1.54) is 0 Å². The van der Waals surface area contributed by atoms with E-state index in [1.54, 1.807) is 6.92 Å². The normalized spacial score (nSPS) is 19.7. The Bertz CT molecular complexity index is 232. The van der Waals surface area contributed by atoms with Gasteiger partial charge in [0, 0.05) is 12.1 Å². The van der Waals surface area contributed by atoms with E-state index in [-0.39, 0.29) is 11.4 Å². The number of likely N-dealkylation sites (tertiary alicyclic amines) is 1. The fourth-order valence-corrected chi connectivity index (χ4v) is 1.22. The second kappa shape index (κ2) is 2.58. The lowest BCUT2D eigenvalue weighted by atomic mass is 9.89. The van der Waals surface area contributed by atoms with Crippen LogP contribution in [0.2, 0.25) is 0 Å². The average Bonchev–Trinajstić information content (AvgIpc) is 1.86. The number of hydrogen-bond acceptors (Lipinski definition) is 1. The van der Waals surface area contributed by atoms with Gasteiger partial charge in [0.1, 0.15) is 0 Å². The van der Waals surface area contributed by atoms with Crippen molar-refractivity contribution in [3.63, 3.8) is 0 Å². The standard InChI is InChI=1S/C9H13NO/c1-4-5-8(11)10-7-6-9(10,2)3/h6-7H2,1-3H3. The number of rotatable bonds is 0. The Labute approximate surface area is 67.6 Å². The zero-order valence-corrected chi connectivity index (χ0v) is 7.27. The number of nitrogens with zero attached hydrogens (tertiary/aromatic N) is 1. The van der Waals surface area contributed by atoms with Crippen LogP contribution in [0.5, 0.6) is 0 Å². The summed E-state index contributed by atoms with van der Waals surface area (Å²) in [5.41, 5.74) is 0.0426. The topological polar surface area (TPSA) is 20.3 Å². The third kappa shape index (κ3) is 1.37. The molecule has 0 unspecified atom stereocenters. The molecular weight excluding hydrogens is 138 g/mol. The predicted molar refractivity (Wildman–Crippen MR) is 43.9 cm³/mol. The maximum Gasteiger partial charge on any atom is 0.298 e. The van der Waals surface area contributed by atoms with Crippen molar-refractivity contribution in [3.8, 4) is 11.8 Å². The van der Waals surface area contributed by atoms with Crippen molar-refractivity contribution >= 4 is 5.91 Å². The van der Waals surface area contributed by atoms with Crippen LogP contribution in [0.3, 0.4) is 0 Å². The van der Waals surface area contributed by atoms with Gasteiger partial charge in [0.2, 0.25) is 0 Å². The van der Waals surface area contributed by atoms with E-state index in [2.05, 4.69) is 25.7 Å². The summed E-state index contributed by atoms with van der Waals surface area (Å²) < 4.78 is 0. The second-order valence-corrected chi connectivity index (χ2v) is 3.39. The first kappa shape index (κ1) is 8.13. The van der Waals surface area contributed by atoms with Gasteiger partial charge in [-0.25, -0.2) is 0 Å². The third-order valence-corrected chi connectivity index (χ3v) is 2.15. The van der Waals surface area contributed by atoms with E-state index in [0.29, 0.717) is 0 Å². The van der Waals surface area contributed by atoms with Gasteiger partial charge in [-0.1, -0.05) is 5.92 Å². The Hall–Kier alpha value is -0.970. The van der Waals surface area contributed by atoms with Gasteiger partial charge in [0.05, 0.1) is 0 Å². The maximum atomic E-state index is 11.2. The van der Waals surface area contributed by atoms with Crippen molar-refractivity contribution in [1.29, 1.82) is 0 Å². The van der Waals surface area contributed by atoms with E-state index < -0.39 is 0 Å². The van der Waals surface area contributed by atoms with Crippen LogP contribution in [0.1, 0.15) is 27.2 Å². The minimum Gasteiger partial charge on any atom is -0.327 e. The second-order valence-electron chi connectivity index (χ2n) is 3.39. The highest BCUT2D eigenvalue weighted by atomic mass is 16.2. The van der Waals surface area contributed by atoms with Crippen LogP contribution in [0.25, 0.3) is 0 Å². The third-order valence-electron chi connectivity index (χ3n) is 2.15. The molecular formula is C9H13NO. The van der Waals surface area contributed by atoms with Gasteiger partial charge in [0.15, 0.2) is 0 Å². The summed E-state index contributed by atoms with van der Waals surface area (Å²) in [5, 5.41) is 0. The minimum atomic E-state index is -0.0382. The van der Waals surface area contributed by atoms with Crippen molar-refractivity contribution < 1.29 is 4.79 Å². The van der Waals surface area contributed by atoms with E-state index in [9.17, 15) is 4.79 Å². The summed E-state index contributed by atoms with van der Waals surface area (Å²) in [4.78, 5) is 13.0. The van der Waals surface area contributed by atoms with Crippen LogP contribution in [0.15, 0.2) is 0 Å². The number of carbonyl (C=O) groups excluding carboxylic acids is 1. The van der Waals surface area contributed by atoms with Gasteiger partial charge in [-0.05, 0) is 33.1 Å². The first-order chi connectivity index (χ1) is 5.08. The molecule has 0 radical (unpaired) electrons. The highest BCUT2D eigenvalue weighted by molar-refractivity contribution is 5.94. The van der Waals surface area contributed by atoms with Gasteiger partial charge in [-0.15, -0.1) is 0 Å². The summed E-state index contributed by atoms with van der Waals surface area (Å²) in [7, 11) is 0. The summed E-state index contributed by atoms with van der Waals surface area (Å²) in [6.45, 7) is 6.67. The zero-order valence-electron chi connectivity index (χ0n) is 7.27. The fraction of sp³-hybridized carbons (Fsp3) is 0.667. The highest BCUT2D eigenvalue weighted by Crippen LogP contribution is 2.28. The molecule has 0 aromatic heterocycles. The van der Waals surface area contributed by atoms with Gasteiger partial charge >= 0.3 is 0 Å². The Balaban J connectivity index is 2.61. The van der Waals surface area contributed by atoms with Crippen molar-refractivity contribution in [2.45, 2.75) is 32.7 Å². The summed E-state index contributed by atoms with van der Waals surface area (Å²) >= 11 is 0. The van der Waals surface area contributed by atoms with Crippen LogP contribution in [0.4, 0.5) is 0 Å². The summed E-state index contributed by atoms with van der Waals surface area (Å²) in [5.74, 6) is 5.12. The molecule has 2 nitrogen and oxygen atoms in total. The number of hydrogen-bond donors (Lipinski definition) is 0. The van der Waals surface area contributed by atoms with Crippen LogP contribution in [-0.2, 0) is 4.79 Å². The quantitative estimate of drug-likeness (QED) is 0.473. The van der Waals surface area contributed by atoms with Gasteiger partial charge < -0.3 is 4.90 Å².